The maximum atomic E-state index is 10.5. The Balaban J connectivity index is 1.70. The molecule has 0 bridgehead atoms. The van der Waals surface area contributed by atoms with Crippen LogP contribution in [0.25, 0.3) is 0 Å². The Labute approximate surface area is 122 Å². The zero-order valence-corrected chi connectivity index (χ0v) is 12.4. The SMILES string of the molecule is CCC1CCC(O)(CNCC#Cc2ccccc2)CC1. The van der Waals surface area contributed by atoms with Crippen molar-refractivity contribution in [2.75, 3.05) is 13.1 Å². The molecule has 0 amide bonds. The number of benzene rings is 1. The van der Waals surface area contributed by atoms with E-state index in [1.54, 1.807) is 0 Å². The Morgan fingerprint density at radius 1 is 1.25 bits per heavy atom. The van der Waals surface area contributed by atoms with Crippen molar-refractivity contribution in [1.82, 2.24) is 5.32 Å². The minimum Gasteiger partial charge on any atom is -0.389 e. The Hall–Kier alpha value is -1.30. The molecule has 0 atom stereocenters. The molecule has 1 aromatic carbocycles. The maximum absolute atomic E-state index is 10.5. The van der Waals surface area contributed by atoms with E-state index in [1.807, 2.05) is 30.3 Å². The standard InChI is InChI=1S/C18H25NO/c1-2-16-10-12-18(20,13-11-16)15-19-14-6-9-17-7-4-3-5-8-17/h3-5,7-8,16,19-20H,2,10-15H2,1H3. The van der Waals surface area contributed by atoms with Crippen molar-refractivity contribution in [3.8, 4) is 11.8 Å². The molecule has 1 aromatic rings. The van der Waals surface area contributed by atoms with Gasteiger partial charge in [0.1, 0.15) is 0 Å². The van der Waals surface area contributed by atoms with Gasteiger partial charge in [-0.25, -0.2) is 0 Å². The highest BCUT2D eigenvalue weighted by atomic mass is 16.3. The Bertz CT molecular complexity index is 449. The highest BCUT2D eigenvalue weighted by Gasteiger charge is 2.31. The van der Waals surface area contributed by atoms with Crippen molar-refractivity contribution < 1.29 is 5.11 Å². The smallest absolute Gasteiger partial charge is 0.0772 e. The molecule has 2 nitrogen and oxygen atoms in total. The van der Waals surface area contributed by atoms with Crippen LogP contribution in [0.5, 0.6) is 0 Å². The van der Waals surface area contributed by atoms with E-state index in [4.69, 9.17) is 0 Å². The summed E-state index contributed by atoms with van der Waals surface area (Å²) in [4.78, 5) is 0. The van der Waals surface area contributed by atoms with Crippen LogP contribution in [0.3, 0.4) is 0 Å². The topological polar surface area (TPSA) is 32.3 Å². The Morgan fingerprint density at radius 3 is 2.60 bits per heavy atom. The molecule has 20 heavy (non-hydrogen) atoms. The first-order chi connectivity index (χ1) is 9.72. The van der Waals surface area contributed by atoms with Crippen molar-refractivity contribution >= 4 is 0 Å². The maximum Gasteiger partial charge on any atom is 0.0772 e. The van der Waals surface area contributed by atoms with Crippen LogP contribution in [0, 0.1) is 17.8 Å². The second-order valence-electron chi connectivity index (χ2n) is 5.85. The summed E-state index contributed by atoms with van der Waals surface area (Å²) < 4.78 is 0. The van der Waals surface area contributed by atoms with Crippen LogP contribution in [-0.4, -0.2) is 23.8 Å². The third-order valence-corrected chi connectivity index (χ3v) is 4.29. The van der Waals surface area contributed by atoms with Gasteiger partial charge in [-0.15, -0.1) is 0 Å². The van der Waals surface area contributed by atoms with Gasteiger partial charge in [-0.1, -0.05) is 43.4 Å². The van der Waals surface area contributed by atoms with E-state index in [-0.39, 0.29) is 0 Å². The lowest BCUT2D eigenvalue weighted by atomic mass is 9.78. The second-order valence-corrected chi connectivity index (χ2v) is 5.85. The van der Waals surface area contributed by atoms with Crippen LogP contribution in [0.4, 0.5) is 0 Å². The molecule has 0 heterocycles. The summed E-state index contributed by atoms with van der Waals surface area (Å²) in [6.07, 6.45) is 5.40. The van der Waals surface area contributed by atoms with E-state index in [1.165, 1.54) is 6.42 Å². The molecular formula is C18H25NO. The fraction of sp³-hybridized carbons (Fsp3) is 0.556. The van der Waals surface area contributed by atoms with Gasteiger partial charge in [0.25, 0.3) is 0 Å². The van der Waals surface area contributed by atoms with E-state index in [0.717, 1.165) is 37.2 Å². The molecular weight excluding hydrogens is 246 g/mol. The second kappa shape index (κ2) is 7.47. The average Bonchev–Trinajstić information content (AvgIpc) is 2.49. The van der Waals surface area contributed by atoms with Crippen molar-refractivity contribution in [3.63, 3.8) is 0 Å². The Kier molecular flexibility index (Phi) is 5.64. The highest BCUT2D eigenvalue weighted by Crippen LogP contribution is 2.33. The normalized spacial score (nSPS) is 25.8. The van der Waals surface area contributed by atoms with Crippen molar-refractivity contribution in [2.24, 2.45) is 5.92 Å². The predicted octanol–water partition coefficient (Wildman–Crippen LogP) is 2.96. The molecule has 0 aliphatic heterocycles. The average molecular weight is 271 g/mol. The molecule has 0 spiro atoms. The van der Waals surface area contributed by atoms with E-state index in [0.29, 0.717) is 13.1 Å². The lowest BCUT2D eigenvalue weighted by Gasteiger charge is -2.35. The quantitative estimate of drug-likeness (QED) is 0.652. The van der Waals surface area contributed by atoms with Gasteiger partial charge in [-0.05, 0) is 43.7 Å². The summed E-state index contributed by atoms with van der Waals surface area (Å²) in [6, 6.07) is 9.99. The fourth-order valence-corrected chi connectivity index (χ4v) is 2.83. The van der Waals surface area contributed by atoms with Gasteiger partial charge in [0.2, 0.25) is 0 Å². The fourth-order valence-electron chi connectivity index (χ4n) is 2.83. The molecule has 0 unspecified atom stereocenters. The minimum absolute atomic E-state index is 0.514. The van der Waals surface area contributed by atoms with Gasteiger partial charge in [0.05, 0.1) is 12.1 Å². The van der Waals surface area contributed by atoms with E-state index >= 15 is 0 Å². The van der Waals surface area contributed by atoms with Crippen LogP contribution in [-0.2, 0) is 0 Å². The van der Waals surface area contributed by atoms with Crippen LogP contribution in [0.15, 0.2) is 30.3 Å². The molecule has 2 rings (SSSR count). The first kappa shape index (κ1) is 15.1. The molecule has 108 valence electrons. The van der Waals surface area contributed by atoms with E-state index < -0.39 is 5.60 Å². The van der Waals surface area contributed by atoms with Crippen molar-refractivity contribution in [2.45, 2.75) is 44.6 Å². The van der Waals surface area contributed by atoms with E-state index in [9.17, 15) is 5.11 Å². The Morgan fingerprint density at radius 2 is 1.95 bits per heavy atom. The summed E-state index contributed by atoms with van der Waals surface area (Å²) in [5, 5.41) is 13.8. The predicted molar refractivity (Wildman–Crippen MR) is 83.4 cm³/mol. The molecule has 0 radical (unpaired) electrons. The molecule has 2 N–H and O–H groups in total. The summed E-state index contributed by atoms with van der Waals surface area (Å²) in [6.45, 7) is 3.54. The number of hydrogen-bond acceptors (Lipinski definition) is 2. The third kappa shape index (κ3) is 4.67. The first-order valence-electron chi connectivity index (χ1n) is 7.69. The summed E-state index contributed by atoms with van der Waals surface area (Å²) in [5.41, 5.74) is 0.525. The van der Waals surface area contributed by atoms with Gasteiger partial charge in [0, 0.05) is 12.1 Å². The molecule has 0 aromatic heterocycles. The van der Waals surface area contributed by atoms with Crippen molar-refractivity contribution in [3.05, 3.63) is 35.9 Å². The molecule has 1 aliphatic rings. The van der Waals surface area contributed by atoms with Gasteiger partial charge in [-0.2, -0.15) is 0 Å². The van der Waals surface area contributed by atoms with Gasteiger partial charge in [-0.3, -0.25) is 0 Å². The summed E-state index contributed by atoms with van der Waals surface area (Å²) in [5.74, 6) is 7.04. The highest BCUT2D eigenvalue weighted by molar-refractivity contribution is 5.33. The zero-order valence-electron chi connectivity index (χ0n) is 12.4. The molecule has 2 heteroatoms. The van der Waals surface area contributed by atoms with Crippen LogP contribution >= 0.6 is 0 Å². The first-order valence-corrected chi connectivity index (χ1v) is 7.69. The molecule has 1 aliphatic carbocycles. The largest absolute Gasteiger partial charge is 0.389 e. The molecule has 1 fully saturated rings. The number of rotatable bonds is 4. The lowest BCUT2D eigenvalue weighted by Crippen LogP contribution is -2.43. The lowest BCUT2D eigenvalue weighted by molar-refractivity contribution is -0.00773. The minimum atomic E-state index is -0.514. The number of hydrogen-bond donors (Lipinski definition) is 2. The number of aliphatic hydroxyl groups is 1. The van der Waals surface area contributed by atoms with Gasteiger partial charge in [0.15, 0.2) is 0 Å². The van der Waals surface area contributed by atoms with E-state index in [2.05, 4.69) is 24.1 Å². The molecule has 0 saturated heterocycles. The third-order valence-electron chi connectivity index (χ3n) is 4.29. The summed E-state index contributed by atoms with van der Waals surface area (Å²) >= 11 is 0. The monoisotopic (exact) mass is 271 g/mol. The van der Waals surface area contributed by atoms with Crippen LogP contribution in [0.2, 0.25) is 0 Å². The van der Waals surface area contributed by atoms with Crippen LogP contribution in [0.1, 0.15) is 44.6 Å². The molecule has 1 saturated carbocycles. The van der Waals surface area contributed by atoms with Gasteiger partial charge >= 0.3 is 0 Å². The zero-order chi connectivity index (χ0) is 14.3. The van der Waals surface area contributed by atoms with Gasteiger partial charge < -0.3 is 10.4 Å². The van der Waals surface area contributed by atoms with Crippen LogP contribution < -0.4 is 5.32 Å². The number of nitrogens with one attached hydrogen (secondary N) is 1. The summed E-state index contributed by atoms with van der Waals surface area (Å²) in [7, 11) is 0. The van der Waals surface area contributed by atoms with Crippen molar-refractivity contribution in [1.29, 1.82) is 0 Å².